The molecule has 24 heavy (non-hydrogen) atoms. The highest BCUT2D eigenvalue weighted by Gasteiger charge is 2.58. The van der Waals surface area contributed by atoms with E-state index in [0.717, 1.165) is 11.8 Å². The van der Waals surface area contributed by atoms with Gasteiger partial charge in [0.2, 0.25) is 0 Å². The first kappa shape index (κ1) is 15.4. The van der Waals surface area contributed by atoms with Crippen molar-refractivity contribution in [2.24, 2.45) is 11.3 Å². The topological polar surface area (TPSA) is 67.9 Å². The standard InChI is InChI=1S/C16H18F3N5/c17-16(18,19)11-4-7-24(8-15(11)5-1-6-15)14-10-2-3-12(20)23-13(10)21-9-22-14/h2-3,9,11H,1,4-8H2,(H2,20,21,22,23)/t11-/m0/s1. The number of hydrogen-bond acceptors (Lipinski definition) is 5. The van der Waals surface area contributed by atoms with Crippen LogP contribution in [0.1, 0.15) is 25.7 Å². The van der Waals surface area contributed by atoms with Crippen LogP contribution in [0.3, 0.4) is 0 Å². The Bertz CT molecular complexity index is 772. The molecule has 5 nitrogen and oxygen atoms in total. The number of hydrogen-bond donors (Lipinski definition) is 1. The lowest BCUT2D eigenvalue weighted by atomic mass is 9.58. The summed E-state index contributed by atoms with van der Waals surface area (Å²) in [4.78, 5) is 14.6. The monoisotopic (exact) mass is 337 g/mol. The van der Waals surface area contributed by atoms with Gasteiger partial charge >= 0.3 is 6.18 Å². The maximum atomic E-state index is 13.4. The molecule has 2 aliphatic rings. The number of halogens is 3. The predicted molar refractivity (Wildman–Crippen MR) is 84.4 cm³/mol. The molecule has 0 aromatic carbocycles. The van der Waals surface area contributed by atoms with Gasteiger partial charge in [-0.25, -0.2) is 15.0 Å². The lowest BCUT2D eigenvalue weighted by Crippen LogP contribution is -2.56. The van der Waals surface area contributed by atoms with Crippen molar-refractivity contribution in [2.75, 3.05) is 23.7 Å². The van der Waals surface area contributed by atoms with Gasteiger partial charge in [-0.15, -0.1) is 0 Å². The largest absolute Gasteiger partial charge is 0.392 e. The second kappa shape index (κ2) is 5.19. The zero-order valence-corrected chi connectivity index (χ0v) is 13.1. The molecule has 0 unspecified atom stereocenters. The van der Waals surface area contributed by atoms with Crippen LogP contribution < -0.4 is 10.6 Å². The highest BCUT2D eigenvalue weighted by Crippen LogP contribution is 2.56. The first-order valence-electron chi connectivity index (χ1n) is 8.08. The van der Waals surface area contributed by atoms with E-state index in [1.807, 2.05) is 4.90 Å². The summed E-state index contributed by atoms with van der Waals surface area (Å²) < 4.78 is 40.2. The van der Waals surface area contributed by atoms with Gasteiger partial charge in [-0.05, 0) is 36.8 Å². The number of anilines is 2. The Hall–Kier alpha value is -2.12. The van der Waals surface area contributed by atoms with E-state index in [0.29, 0.717) is 43.2 Å². The van der Waals surface area contributed by atoms with Crippen molar-refractivity contribution in [3.05, 3.63) is 18.5 Å². The average Bonchev–Trinajstić information content (AvgIpc) is 2.51. The summed E-state index contributed by atoms with van der Waals surface area (Å²) in [6.45, 7) is 0.718. The number of pyridine rings is 1. The van der Waals surface area contributed by atoms with Crippen LogP contribution in [-0.4, -0.2) is 34.2 Å². The summed E-state index contributed by atoms with van der Waals surface area (Å²) in [5.74, 6) is -0.199. The summed E-state index contributed by atoms with van der Waals surface area (Å²) in [5, 5.41) is 0.728. The Kier molecular flexibility index (Phi) is 3.33. The van der Waals surface area contributed by atoms with Crippen LogP contribution >= 0.6 is 0 Å². The van der Waals surface area contributed by atoms with E-state index in [1.54, 1.807) is 12.1 Å². The molecule has 2 aromatic rings. The highest BCUT2D eigenvalue weighted by atomic mass is 19.4. The lowest BCUT2D eigenvalue weighted by molar-refractivity contribution is -0.225. The molecule has 1 atom stereocenters. The SMILES string of the molecule is Nc1ccc2c(N3CC[C@H](C(F)(F)F)C4(CCC4)C3)ncnc2n1. The van der Waals surface area contributed by atoms with E-state index >= 15 is 0 Å². The average molecular weight is 337 g/mol. The van der Waals surface area contributed by atoms with E-state index < -0.39 is 17.5 Å². The van der Waals surface area contributed by atoms with Crippen LogP contribution in [0, 0.1) is 11.3 Å². The van der Waals surface area contributed by atoms with E-state index in [-0.39, 0.29) is 6.42 Å². The number of fused-ring (bicyclic) bond motifs is 1. The van der Waals surface area contributed by atoms with Crippen LogP contribution in [0.2, 0.25) is 0 Å². The molecule has 1 spiro atoms. The third-order valence-corrected chi connectivity index (χ3v) is 5.47. The Balaban J connectivity index is 1.70. The molecule has 2 aromatic heterocycles. The Morgan fingerprint density at radius 3 is 2.67 bits per heavy atom. The molecule has 1 saturated heterocycles. The summed E-state index contributed by atoms with van der Waals surface area (Å²) in [7, 11) is 0. The molecule has 1 aliphatic carbocycles. The lowest BCUT2D eigenvalue weighted by Gasteiger charge is -2.54. The first-order valence-corrected chi connectivity index (χ1v) is 8.08. The van der Waals surface area contributed by atoms with Gasteiger partial charge in [-0.1, -0.05) is 6.42 Å². The second-order valence-corrected chi connectivity index (χ2v) is 6.82. The molecule has 128 valence electrons. The molecule has 2 N–H and O–H groups in total. The van der Waals surface area contributed by atoms with Crippen LogP contribution in [0.5, 0.6) is 0 Å². The molecule has 1 aliphatic heterocycles. The number of nitrogen functional groups attached to an aromatic ring is 1. The minimum Gasteiger partial charge on any atom is -0.384 e. The van der Waals surface area contributed by atoms with Crippen LogP contribution in [0.4, 0.5) is 24.8 Å². The molecular formula is C16H18F3N5. The maximum Gasteiger partial charge on any atom is 0.392 e. The number of alkyl halides is 3. The van der Waals surface area contributed by atoms with Crippen LogP contribution in [0.25, 0.3) is 11.0 Å². The zero-order valence-electron chi connectivity index (χ0n) is 13.1. The van der Waals surface area contributed by atoms with E-state index in [9.17, 15) is 13.2 Å². The van der Waals surface area contributed by atoms with Gasteiger partial charge in [0, 0.05) is 13.1 Å². The summed E-state index contributed by atoms with van der Waals surface area (Å²) in [6.07, 6.45) is -0.506. The summed E-state index contributed by atoms with van der Waals surface area (Å²) in [5.41, 5.74) is 5.48. The Morgan fingerprint density at radius 1 is 1.21 bits per heavy atom. The second-order valence-electron chi connectivity index (χ2n) is 6.82. The van der Waals surface area contributed by atoms with Crippen molar-refractivity contribution in [2.45, 2.75) is 31.9 Å². The minimum absolute atomic E-state index is 0.109. The quantitative estimate of drug-likeness (QED) is 0.866. The number of rotatable bonds is 1. The summed E-state index contributed by atoms with van der Waals surface area (Å²) in [6, 6.07) is 3.45. The van der Waals surface area contributed by atoms with Gasteiger partial charge in [0.15, 0.2) is 5.65 Å². The Morgan fingerprint density at radius 2 is 2.00 bits per heavy atom. The van der Waals surface area contributed by atoms with E-state index in [1.165, 1.54) is 6.33 Å². The zero-order chi connectivity index (χ0) is 16.9. The van der Waals surface area contributed by atoms with Crippen molar-refractivity contribution in [1.29, 1.82) is 0 Å². The number of nitrogens with two attached hydrogens (primary N) is 1. The van der Waals surface area contributed by atoms with Crippen molar-refractivity contribution in [3.8, 4) is 0 Å². The van der Waals surface area contributed by atoms with Crippen molar-refractivity contribution in [3.63, 3.8) is 0 Å². The van der Waals surface area contributed by atoms with Crippen molar-refractivity contribution >= 4 is 22.7 Å². The fourth-order valence-corrected chi connectivity index (χ4v) is 4.19. The molecule has 0 bridgehead atoms. The molecule has 1 saturated carbocycles. The molecule has 8 heteroatoms. The van der Waals surface area contributed by atoms with Gasteiger partial charge in [-0.2, -0.15) is 13.2 Å². The molecule has 0 radical (unpaired) electrons. The third kappa shape index (κ3) is 2.35. The van der Waals surface area contributed by atoms with E-state index in [2.05, 4.69) is 15.0 Å². The maximum absolute atomic E-state index is 13.4. The predicted octanol–water partition coefficient (Wildman–Crippen LogP) is 3.17. The smallest absolute Gasteiger partial charge is 0.384 e. The molecule has 3 heterocycles. The van der Waals surface area contributed by atoms with E-state index in [4.69, 9.17) is 5.73 Å². The van der Waals surface area contributed by atoms with Gasteiger partial charge in [0.1, 0.15) is 18.0 Å². The van der Waals surface area contributed by atoms with Gasteiger partial charge < -0.3 is 10.6 Å². The van der Waals surface area contributed by atoms with Crippen molar-refractivity contribution in [1.82, 2.24) is 15.0 Å². The van der Waals surface area contributed by atoms with Crippen LogP contribution in [0.15, 0.2) is 18.5 Å². The van der Waals surface area contributed by atoms with Gasteiger partial charge in [0.05, 0.1) is 11.3 Å². The van der Waals surface area contributed by atoms with Crippen LogP contribution in [-0.2, 0) is 0 Å². The van der Waals surface area contributed by atoms with Gasteiger partial charge in [0.25, 0.3) is 0 Å². The molecular weight excluding hydrogens is 319 g/mol. The fourth-order valence-electron chi connectivity index (χ4n) is 4.19. The fraction of sp³-hybridized carbons (Fsp3) is 0.562. The highest BCUT2D eigenvalue weighted by molar-refractivity contribution is 5.87. The van der Waals surface area contributed by atoms with Crippen molar-refractivity contribution < 1.29 is 13.2 Å². The Labute approximate surface area is 137 Å². The first-order chi connectivity index (χ1) is 11.4. The number of piperidine rings is 1. The summed E-state index contributed by atoms with van der Waals surface area (Å²) >= 11 is 0. The van der Waals surface area contributed by atoms with Gasteiger partial charge in [-0.3, -0.25) is 0 Å². The minimum atomic E-state index is -4.13. The normalized spacial score (nSPS) is 23.5. The molecule has 4 rings (SSSR count). The molecule has 0 amide bonds. The third-order valence-electron chi connectivity index (χ3n) is 5.47. The number of nitrogens with zero attached hydrogens (tertiary/aromatic N) is 4. The number of aromatic nitrogens is 3. The molecule has 2 fully saturated rings.